The molecule has 0 spiro atoms. The van der Waals surface area contributed by atoms with Gasteiger partial charge in [-0.1, -0.05) is 13.0 Å². The standard InChI is InChI=1S/C14H16N4O3/c1-8(5-15)14(19)17-13-10(6-16-18-13)9-2-3-11-12(4-9)21-7-20-11/h2-4,6,8H,5,7,15H2,1H3,(H2,16,17,18,19). The number of anilines is 1. The number of hydrogen-bond acceptors (Lipinski definition) is 5. The maximum Gasteiger partial charge on any atom is 0.231 e. The van der Waals surface area contributed by atoms with E-state index in [1.54, 1.807) is 13.1 Å². The lowest BCUT2D eigenvalue weighted by atomic mass is 10.1. The fourth-order valence-electron chi connectivity index (χ4n) is 2.02. The average Bonchev–Trinajstić information content (AvgIpc) is 3.13. The van der Waals surface area contributed by atoms with Gasteiger partial charge in [-0.15, -0.1) is 0 Å². The smallest absolute Gasteiger partial charge is 0.231 e. The van der Waals surface area contributed by atoms with Crippen molar-refractivity contribution in [3.8, 4) is 22.6 Å². The predicted molar refractivity (Wildman–Crippen MR) is 77.0 cm³/mol. The van der Waals surface area contributed by atoms with Crippen LogP contribution in [0.5, 0.6) is 11.5 Å². The Kier molecular flexibility index (Phi) is 3.49. The van der Waals surface area contributed by atoms with Gasteiger partial charge in [-0.2, -0.15) is 5.10 Å². The lowest BCUT2D eigenvalue weighted by molar-refractivity contribution is -0.119. The zero-order valence-electron chi connectivity index (χ0n) is 11.6. The number of aromatic amines is 1. The van der Waals surface area contributed by atoms with E-state index < -0.39 is 0 Å². The van der Waals surface area contributed by atoms with Gasteiger partial charge in [-0.05, 0) is 17.7 Å². The molecule has 0 fully saturated rings. The molecule has 1 unspecified atom stereocenters. The van der Waals surface area contributed by atoms with Crippen molar-refractivity contribution >= 4 is 11.7 Å². The third-order valence-electron chi connectivity index (χ3n) is 3.37. The minimum Gasteiger partial charge on any atom is -0.454 e. The van der Waals surface area contributed by atoms with Crippen molar-refractivity contribution in [3.63, 3.8) is 0 Å². The normalized spacial score (nSPS) is 14.0. The molecular formula is C14H16N4O3. The number of nitrogens with two attached hydrogens (primary N) is 1. The lowest BCUT2D eigenvalue weighted by Crippen LogP contribution is -2.27. The van der Waals surface area contributed by atoms with Crippen molar-refractivity contribution in [1.29, 1.82) is 0 Å². The molecule has 2 aromatic rings. The summed E-state index contributed by atoms with van der Waals surface area (Å²) in [5.74, 6) is 1.52. The molecule has 3 rings (SSSR count). The zero-order valence-corrected chi connectivity index (χ0v) is 11.6. The van der Waals surface area contributed by atoms with Crippen LogP contribution >= 0.6 is 0 Å². The highest BCUT2D eigenvalue weighted by Gasteiger charge is 2.18. The van der Waals surface area contributed by atoms with Crippen LogP contribution in [0.4, 0.5) is 5.82 Å². The second-order valence-electron chi connectivity index (χ2n) is 4.85. The van der Waals surface area contributed by atoms with Gasteiger partial charge in [0.2, 0.25) is 12.7 Å². The SMILES string of the molecule is CC(CN)C(=O)Nc1[nH]ncc1-c1ccc2c(c1)OCO2. The first-order valence-electron chi connectivity index (χ1n) is 6.63. The number of amides is 1. The van der Waals surface area contributed by atoms with E-state index in [-0.39, 0.29) is 18.6 Å². The first kappa shape index (κ1) is 13.4. The van der Waals surface area contributed by atoms with Crippen molar-refractivity contribution in [3.05, 3.63) is 24.4 Å². The molecule has 0 radical (unpaired) electrons. The van der Waals surface area contributed by atoms with Crippen molar-refractivity contribution in [2.24, 2.45) is 11.7 Å². The van der Waals surface area contributed by atoms with Crippen LogP contribution in [0, 0.1) is 5.92 Å². The third-order valence-corrected chi connectivity index (χ3v) is 3.37. The van der Waals surface area contributed by atoms with Crippen LogP contribution in [-0.2, 0) is 4.79 Å². The number of nitrogens with one attached hydrogen (secondary N) is 2. The molecule has 1 aromatic carbocycles. The molecule has 0 saturated carbocycles. The summed E-state index contributed by atoms with van der Waals surface area (Å²) in [7, 11) is 0. The van der Waals surface area contributed by atoms with E-state index in [4.69, 9.17) is 15.2 Å². The molecule has 0 saturated heterocycles. The molecule has 7 nitrogen and oxygen atoms in total. The molecule has 0 aliphatic carbocycles. The van der Waals surface area contributed by atoms with E-state index in [2.05, 4.69) is 15.5 Å². The van der Waals surface area contributed by atoms with Gasteiger partial charge < -0.3 is 20.5 Å². The van der Waals surface area contributed by atoms with Crippen molar-refractivity contribution in [2.75, 3.05) is 18.7 Å². The van der Waals surface area contributed by atoms with Gasteiger partial charge in [-0.3, -0.25) is 9.89 Å². The Bertz CT molecular complexity index is 668. The molecule has 1 aromatic heterocycles. The molecule has 21 heavy (non-hydrogen) atoms. The number of ether oxygens (including phenoxy) is 2. The number of H-pyrrole nitrogens is 1. The Morgan fingerprint density at radius 1 is 1.48 bits per heavy atom. The number of nitrogens with zero attached hydrogens (tertiary/aromatic N) is 1. The fourth-order valence-corrected chi connectivity index (χ4v) is 2.02. The third kappa shape index (κ3) is 2.55. The topological polar surface area (TPSA) is 102 Å². The van der Waals surface area contributed by atoms with E-state index in [1.807, 2.05) is 18.2 Å². The van der Waals surface area contributed by atoms with Crippen LogP contribution in [0.3, 0.4) is 0 Å². The van der Waals surface area contributed by atoms with E-state index in [0.717, 1.165) is 11.1 Å². The second kappa shape index (κ2) is 5.45. The molecular weight excluding hydrogens is 272 g/mol. The predicted octanol–water partition coefficient (Wildman–Crippen LogP) is 1.34. The van der Waals surface area contributed by atoms with Crippen LogP contribution in [0.1, 0.15) is 6.92 Å². The number of carbonyl (C=O) groups is 1. The van der Waals surface area contributed by atoms with Gasteiger partial charge in [0, 0.05) is 18.0 Å². The van der Waals surface area contributed by atoms with Gasteiger partial charge in [0.1, 0.15) is 5.82 Å². The largest absolute Gasteiger partial charge is 0.454 e. The quantitative estimate of drug-likeness (QED) is 0.788. The molecule has 110 valence electrons. The summed E-state index contributed by atoms with van der Waals surface area (Å²) < 4.78 is 10.6. The zero-order chi connectivity index (χ0) is 14.8. The Labute approximate surface area is 121 Å². The average molecular weight is 288 g/mol. The number of rotatable bonds is 4. The van der Waals surface area contributed by atoms with Crippen molar-refractivity contribution in [2.45, 2.75) is 6.92 Å². The van der Waals surface area contributed by atoms with Crippen LogP contribution in [0.25, 0.3) is 11.1 Å². The van der Waals surface area contributed by atoms with Gasteiger partial charge in [0.15, 0.2) is 11.5 Å². The summed E-state index contributed by atoms with van der Waals surface area (Å²) >= 11 is 0. The lowest BCUT2D eigenvalue weighted by Gasteiger charge is -2.10. The molecule has 1 atom stereocenters. The fraction of sp³-hybridized carbons (Fsp3) is 0.286. The van der Waals surface area contributed by atoms with Crippen LogP contribution in [0.15, 0.2) is 24.4 Å². The minimum absolute atomic E-state index is 0.149. The molecule has 0 bridgehead atoms. The highest BCUT2D eigenvalue weighted by atomic mass is 16.7. The van der Waals surface area contributed by atoms with Gasteiger partial charge in [-0.25, -0.2) is 0 Å². The van der Waals surface area contributed by atoms with Crippen molar-refractivity contribution in [1.82, 2.24) is 10.2 Å². The van der Waals surface area contributed by atoms with E-state index in [9.17, 15) is 4.79 Å². The van der Waals surface area contributed by atoms with E-state index >= 15 is 0 Å². The number of hydrogen-bond donors (Lipinski definition) is 3. The molecule has 1 aliphatic heterocycles. The Hall–Kier alpha value is -2.54. The van der Waals surface area contributed by atoms with Crippen molar-refractivity contribution < 1.29 is 14.3 Å². The molecule has 4 N–H and O–H groups in total. The monoisotopic (exact) mass is 288 g/mol. The first-order chi connectivity index (χ1) is 10.2. The minimum atomic E-state index is -0.266. The Balaban J connectivity index is 1.87. The summed E-state index contributed by atoms with van der Waals surface area (Å²) in [6.45, 7) is 2.28. The highest BCUT2D eigenvalue weighted by Crippen LogP contribution is 2.37. The maximum absolute atomic E-state index is 11.9. The number of carbonyl (C=O) groups excluding carboxylic acids is 1. The van der Waals surface area contributed by atoms with Gasteiger partial charge in [0.25, 0.3) is 0 Å². The maximum atomic E-state index is 11.9. The highest BCUT2D eigenvalue weighted by molar-refractivity contribution is 5.95. The number of fused-ring (bicyclic) bond motifs is 1. The summed E-state index contributed by atoms with van der Waals surface area (Å²) in [4.78, 5) is 11.9. The summed E-state index contributed by atoms with van der Waals surface area (Å²) in [6, 6.07) is 5.58. The summed E-state index contributed by atoms with van der Waals surface area (Å²) in [6.07, 6.45) is 1.65. The molecule has 1 aliphatic rings. The molecule has 2 heterocycles. The summed E-state index contributed by atoms with van der Waals surface area (Å²) in [5.41, 5.74) is 7.16. The summed E-state index contributed by atoms with van der Waals surface area (Å²) in [5, 5.41) is 9.57. The van der Waals surface area contributed by atoms with Crippen LogP contribution in [-0.4, -0.2) is 29.4 Å². The molecule has 7 heteroatoms. The van der Waals surface area contributed by atoms with Gasteiger partial charge in [0.05, 0.1) is 6.20 Å². The number of benzene rings is 1. The van der Waals surface area contributed by atoms with Crippen LogP contribution in [0.2, 0.25) is 0 Å². The Morgan fingerprint density at radius 3 is 3.10 bits per heavy atom. The first-order valence-corrected chi connectivity index (χ1v) is 6.63. The van der Waals surface area contributed by atoms with E-state index in [1.165, 1.54) is 0 Å². The van der Waals surface area contributed by atoms with Crippen LogP contribution < -0.4 is 20.5 Å². The molecule has 1 amide bonds. The number of aromatic nitrogens is 2. The Morgan fingerprint density at radius 2 is 2.29 bits per heavy atom. The second-order valence-corrected chi connectivity index (χ2v) is 4.85. The van der Waals surface area contributed by atoms with Gasteiger partial charge >= 0.3 is 0 Å². The van der Waals surface area contributed by atoms with E-state index in [0.29, 0.717) is 23.9 Å².